The van der Waals surface area contributed by atoms with E-state index in [0.717, 1.165) is 70.6 Å². The second kappa shape index (κ2) is 36.0. The molecule has 0 aliphatic heterocycles. The normalized spacial score (nSPS) is 13.8. The minimum Gasteiger partial charge on any atom is -0.462 e. The van der Waals surface area contributed by atoms with Gasteiger partial charge >= 0.3 is 19.8 Å². The molecule has 3 N–H and O–H groups in total. The van der Waals surface area contributed by atoms with Crippen molar-refractivity contribution in [2.24, 2.45) is 5.73 Å². The molecule has 0 fully saturated rings. The Kier molecular flexibility index (Phi) is 34.7. The number of hydrogen-bond acceptors (Lipinski definition) is 8. The van der Waals surface area contributed by atoms with Gasteiger partial charge in [-0.05, 0) is 70.6 Å². The molecule has 0 spiro atoms. The molecule has 2 atom stereocenters. The highest BCUT2D eigenvalue weighted by atomic mass is 31.2. The van der Waals surface area contributed by atoms with Crippen LogP contribution in [0.15, 0.2) is 36.5 Å². The lowest BCUT2D eigenvalue weighted by molar-refractivity contribution is -0.161. The van der Waals surface area contributed by atoms with Crippen LogP contribution in [0.5, 0.6) is 0 Å². The number of phosphoric ester groups is 1. The number of rotatable bonds is 36. The molecule has 0 rings (SSSR count). The van der Waals surface area contributed by atoms with Crippen LogP contribution in [0.3, 0.4) is 0 Å². The quantitative estimate of drug-likeness (QED) is 0.0281. The molecule has 0 radical (unpaired) electrons. The topological polar surface area (TPSA) is 134 Å². The summed E-state index contributed by atoms with van der Waals surface area (Å²) in [6.45, 7) is 3.65. The summed E-state index contributed by atoms with van der Waals surface area (Å²) in [5.74, 6) is -0.857. The Hall–Kier alpha value is -1.77. The van der Waals surface area contributed by atoms with Gasteiger partial charge in [-0.15, -0.1) is 0 Å². The maximum atomic E-state index is 12.5. The molecule has 0 bridgehead atoms. The number of unbranched alkanes of at least 4 members (excludes halogenated alkanes) is 17. The third-order valence-electron chi connectivity index (χ3n) is 8.00. The Balaban J connectivity index is 4.25. The summed E-state index contributed by atoms with van der Waals surface area (Å²) in [5, 5.41) is 0. The van der Waals surface area contributed by atoms with Gasteiger partial charge in [-0.3, -0.25) is 18.6 Å². The summed E-state index contributed by atoms with van der Waals surface area (Å²) < 4.78 is 32.6. The molecule has 0 saturated heterocycles. The molecule has 9 nitrogen and oxygen atoms in total. The maximum Gasteiger partial charge on any atom is 0.472 e. The van der Waals surface area contributed by atoms with E-state index in [4.69, 9.17) is 24.3 Å². The first-order valence-corrected chi connectivity index (χ1v) is 21.0. The lowest BCUT2D eigenvalue weighted by Gasteiger charge is -2.19. The number of carbonyl (C=O) groups is 2. The third-order valence-corrected chi connectivity index (χ3v) is 8.98. The van der Waals surface area contributed by atoms with Gasteiger partial charge in [0.1, 0.15) is 6.61 Å². The Bertz CT molecular complexity index is 907. The summed E-state index contributed by atoms with van der Waals surface area (Å²) in [5.41, 5.74) is 5.33. The van der Waals surface area contributed by atoms with Crippen molar-refractivity contribution in [3.63, 3.8) is 0 Å². The molecule has 0 aromatic heterocycles. The van der Waals surface area contributed by atoms with Gasteiger partial charge in [0.15, 0.2) is 6.10 Å². The van der Waals surface area contributed by atoms with E-state index in [9.17, 15) is 19.0 Å². The van der Waals surface area contributed by atoms with E-state index in [1.54, 1.807) is 0 Å². The van der Waals surface area contributed by atoms with Crippen LogP contribution in [-0.2, 0) is 32.7 Å². The van der Waals surface area contributed by atoms with Crippen molar-refractivity contribution >= 4 is 19.8 Å². The number of allylic oxidation sites excluding steroid dienone is 6. The van der Waals surface area contributed by atoms with E-state index in [1.165, 1.54) is 57.8 Å². The number of hydrogen-bond donors (Lipinski definition) is 2. The number of nitrogens with two attached hydrogens (primary N) is 1. The Morgan fingerprint density at radius 1 is 0.612 bits per heavy atom. The van der Waals surface area contributed by atoms with Gasteiger partial charge in [-0.25, -0.2) is 4.57 Å². The second-order valence-electron chi connectivity index (χ2n) is 12.8. The first-order chi connectivity index (χ1) is 23.8. The van der Waals surface area contributed by atoms with Gasteiger partial charge in [0.05, 0.1) is 13.2 Å². The standard InChI is InChI=1S/C39H72NO8P/c1-3-5-7-9-11-13-15-17-18-20-21-23-25-27-29-31-38(41)45-35-37(36-47-49(43,44)46-34-33-40)48-39(42)32-30-28-26-24-22-19-16-14-12-10-8-6-4-2/h11,13-14,16-18,37H,3-10,12,15,19-36,40H2,1-2H3,(H,43,44)/b13-11-,16-14-,18-17-/t37-/m1/s1. The molecule has 0 aliphatic rings. The maximum absolute atomic E-state index is 12.5. The van der Waals surface area contributed by atoms with E-state index >= 15 is 0 Å². The first-order valence-electron chi connectivity index (χ1n) is 19.5. The highest BCUT2D eigenvalue weighted by Crippen LogP contribution is 2.43. The Morgan fingerprint density at radius 2 is 1.06 bits per heavy atom. The van der Waals surface area contributed by atoms with Crippen LogP contribution in [0.25, 0.3) is 0 Å². The zero-order valence-corrected chi connectivity index (χ0v) is 32.1. The molecular formula is C39H72NO8P. The Morgan fingerprint density at radius 3 is 1.61 bits per heavy atom. The zero-order chi connectivity index (χ0) is 36.1. The second-order valence-corrected chi connectivity index (χ2v) is 14.2. The highest BCUT2D eigenvalue weighted by molar-refractivity contribution is 7.47. The van der Waals surface area contributed by atoms with Crippen molar-refractivity contribution in [1.82, 2.24) is 0 Å². The SMILES string of the molecule is CCCCC/C=C\C/C=C\CCCCCCCC(=O)OC[C@H](COP(=O)(O)OCCN)OC(=O)CCCCCCC/C=C\CCCCCC. The lowest BCUT2D eigenvalue weighted by atomic mass is 10.1. The van der Waals surface area contributed by atoms with Gasteiger partial charge in [-0.2, -0.15) is 0 Å². The minimum atomic E-state index is -4.37. The van der Waals surface area contributed by atoms with Crippen LogP contribution in [0.1, 0.15) is 168 Å². The lowest BCUT2D eigenvalue weighted by Crippen LogP contribution is -2.29. The highest BCUT2D eigenvalue weighted by Gasteiger charge is 2.25. The van der Waals surface area contributed by atoms with Crippen LogP contribution >= 0.6 is 7.82 Å². The van der Waals surface area contributed by atoms with Crippen LogP contribution in [-0.4, -0.2) is 49.3 Å². The fourth-order valence-corrected chi connectivity index (χ4v) is 5.83. The van der Waals surface area contributed by atoms with Crippen molar-refractivity contribution < 1.29 is 37.6 Å². The average Bonchev–Trinajstić information content (AvgIpc) is 3.08. The van der Waals surface area contributed by atoms with E-state index in [2.05, 4.69) is 50.3 Å². The van der Waals surface area contributed by atoms with Gasteiger partial charge in [0.25, 0.3) is 0 Å². The fraction of sp³-hybridized carbons (Fsp3) is 0.795. The molecule has 0 aromatic rings. The monoisotopic (exact) mass is 713 g/mol. The molecule has 286 valence electrons. The third kappa shape index (κ3) is 35.8. The molecule has 0 saturated carbocycles. The molecule has 1 unspecified atom stereocenters. The fourth-order valence-electron chi connectivity index (χ4n) is 5.07. The van der Waals surface area contributed by atoms with Crippen molar-refractivity contribution in [2.75, 3.05) is 26.4 Å². The van der Waals surface area contributed by atoms with Crippen LogP contribution in [0.4, 0.5) is 0 Å². The average molecular weight is 714 g/mol. The van der Waals surface area contributed by atoms with Crippen LogP contribution in [0, 0.1) is 0 Å². The Labute approximate surface area is 299 Å². The molecule has 10 heteroatoms. The summed E-state index contributed by atoms with van der Waals surface area (Å²) in [7, 11) is -4.37. The van der Waals surface area contributed by atoms with Gasteiger partial charge < -0.3 is 20.1 Å². The van der Waals surface area contributed by atoms with Crippen molar-refractivity contribution in [2.45, 2.75) is 174 Å². The minimum absolute atomic E-state index is 0.0495. The number of carbonyl (C=O) groups excluding carboxylic acids is 2. The molecule has 0 heterocycles. The smallest absolute Gasteiger partial charge is 0.462 e. The number of phosphoric acid groups is 1. The summed E-state index contributed by atoms with van der Waals surface area (Å²) in [6.07, 6.45) is 37.4. The van der Waals surface area contributed by atoms with Crippen LogP contribution in [0.2, 0.25) is 0 Å². The van der Waals surface area contributed by atoms with Gasteiger partial charge in [-0.1, -0.05) is 121 Å². The molecule has 0 amide bonds. The summed E-state index contributed by atoms with van der Waals surface area (Å²) in [4.78, 5) is 34.7. The predicted molar refractivity (Wildman–Crippen MR) is 201 cm³/mol. The largest absolute Gasteiger partial charge is 0.472 e. The number of esters is 2. The van der Waals surface area contributed by atoms with Crippen molar-refractivity contribution in [3.8, 4) is 0 Å². The van der Waals surface area contributed by atoms with Gasteiger partial charge in [0.2, 0.25) is 0 Å². The molecule has 0 aliphatic carbocycles. The molecule has 0 aromatic carbocycles. The van der Waals surface area contributed by atoms with Crippen LogP contribution < -0.4 is 5.73 Å². The summed E-state index contributed by atoms with van der Waals surface area (Å²) >= 11 is 0. The first kappa shape index (κ1) is 47.2. The van der Waals surface area contributed by atoms with E-state index in [-0.39, 0.29) is 32.6 Å². The van der Waals surface area contributed by atoms with Gasteiger partial charge in [0, 0.05) is 19.4 Å². The van der Waals surface area contributed by atoms with E-state index < -0.39 is 32.5 Å². The zero-order valence-electron chi connectivity index (χ0n) is 31.2. The molecular weight excluding hydrogens is 641 g/mol. The summed E-state index contributed by atoms with van der Waals surface area (Å²) in [6, 6.07) is 0. The molecule has 49 heavy (non-hydrogen) atoms. The predicted octanol–water partition coefficient (Wildman–Crippen LogP) is 10.6. The van der Waals surface area contributed by atoms with E-state index in [0.29, 0.717) is 12.8 Å². The van der Waals surface area contributed by atoms with Crippen molar-refractivity contribution in [1.29, 1.82) is 0 Å². The number of ether oxygens (including phenoxy) is 2. The van der Waals surface area contributed by atoms with E-state index in [1.807, 2.05) is 0 Å². The van der Waals surface area contributed by atoms with Crippen molar-refractivity contribution in [3.05, 3.63) is 36.5 Å².